The molecule has 4 rings (SSSR count). The van der Waals surface area contributed by atoms with E-state index in [4.69, 9.17) is 0 Å². The van der Waals surface area contributed by atoms with E-state index in [1.165, 1.54) is 20.4 Å². The molecule has 22 heavy (non-hydrogen) atoms. The molecule has 1 fully saturated rings. The second kappa shape index (κ2) is 6.52. The Morgan fingerprint density at radius 2 is 1.82 bits per heavy atom. The van der Waals surface area contributed by atoms with Gasteiger partial charge in [0.05, 0.1) is 0 Å². The van der Waals surface area contributed by atoms with Crippen LogP contribution in [0.1, 0.15) is 5.56 Å². The Labute approximate surface area is 140 Å². The molecule has 2 aliphatic rings. The van der Waals surface area contributed by atoms with E-state index in [1.54, 1.807) is 0 Å². The van der Waals surface area contributed by atoms with E-state index in [2.05, 4.69) is 45.1 Å². The number of rotatable bonds is 3. The fraction of sp³-hybridized carbons (Fsp3) is 0.353. The summed E-state index contributed by atoms with van der Waals surface area (Å²) >= 11 is 3.93. The number of pyridine rings is 1. The molecular formula is C17H19N3S2. The van der Waals surface area contributed by atoms with Crippen LogP contribution >= 0.6 is 23.5 Å². The summed E-state index contributed by atoms with van der Waals surface area (Å²) in [5.74, 6) is 1.10. The van der Waals surface area contributed by atoms with Gasteiger partial charge in [0, 0.05) is 53.8 Å². The van der Waals surface area contributed by atoms with E-state index in [1.807, 2.05) is 35.8 Å². The van der Waals surface area contributed by atoms with Crippen LogP contribution in [0.25, 0.3) is 0 Å². The molecule has 3 nitrogen and oxygen atoms in total. The Balaban J connectivity index is 1.36. The second-order valence-corrected chi connectivity index (χ2v) is 8.04. The molecule has 0 radical (unpaired) electrons. The summed E-state index contributed by atoms with van der Waals surface area (Å²) in [5.41, 5.74) is 1.44. The third-order valence-electron chi connectivity index (χ3n) is 4.19. The first kappa shape index (κ1) is 14.4. The number of anilines is 1. The van der Waals surface area contributed by atoms with E-state index in [9.17, 15) is 0 Å². The van der Waals surface area contributed by atoms with E-state index in [-0.39, 0.29) is 0 Å². The molecule has 0 unspecified atom stereocenters. The molecule has 0 aliphatic carbocycles. The van der Waals surface area contributed by atoms with Crippen molar-refractivity contribution in [2.24, 2.45) is 0 Å². The molecule has 1 saturated heterocycles. The van der Waals surface area contributed by atoms with Crippen molar-refractivity contribution in [3.8, 4) is 0 Å². The molecule has 0 saturated carbocycles. The van der Waals surface area contributed by atoms with Gasteiger partial charge >= 0.3 is 0 Å². The molecular weight excluding hydrogens is 310 g/mol. The van der Waals surface area contributed by atoms with Crippen LogP contribution in [-0.2, 0) is 6.54 Å². The summed E-state index contributed by atoms with van der Waals surface area (Å²) in [6.45, 7) is 5.40. The Hall–Kier alpha value is -1.17. The van der Waals surface area contributed by atoms with Crippen LogP contribution < -0.4 is 4.90 Å². The molecule has 2 aromatic rings. The summed E-state index contributed by atoms with van der Waals surface area (Å²) in [5, 5.41) is 1.17. The molecule has 0 atom stereocenters. The van der Waals surface area contributed by atoms with Gasteiger partial charge in [0.25, 0.3) is 0 Å². The monoisotopic (exact) mass is 329 g/mol. The lowest BCUT2D eigenvalue weighted by atomic mass is 10.2. The smallest absolute Gasteiger partial charge is 0.128 e. The van der Waals surface area contributed by atoms with Gasteiger partial charge in [-0.25, -0.2) is 4.98 Å². The molecule has 114 valence electrons. The van der Waals surface area contributed by atoms with Crippen molar-refractivity contribution >= 4 is 29.3 Å². The van der Waals surface area contributed by atoms with E-state index in [0.717, 1.165) is 38.5 Å². The first-order valence-electron chi connectivity index (χ1n) is 7.65. The van der Waals surface area contributed by atoms with E-state index >= 15 is 0 Å². The zero-order chi connectivity index (χ0) is 14.8. The lowest BCUT2D eigenvalue weighted by molar-refractivity contribution is 0.249. The second-order valence-electron chi connectivity index (χ2n) is 5.64. The molecule has 2 aliphatic heterocycles. The number of aromatic nitrogens is 1. The predicted molar refractivity (Wildman–Crippen MR) is 94.8 cm³/mol. The van der Waals surface area contributed by atoms with Crippen molar-refractivity contribution in [3.63, 3.8) is 0 Å². The molecule has 0 spiro atoms. The Morgan fingerprint density at radius 3 is 2.64 bits per heavy atom. The van der Waals surface area contributed by atoms with Gasteiger partial charge in [-0.05, 0) is 29.8 Å². The fourth-order valence-electron chi connectivity index (χ4n) is 2.97. The highest BCUT2D eigenvalue weighted by molar-refractivity contribution is 8.18. The molecule has 5 heteroatoms. The number of benzene rings is 1. The lowest BCUT2D eigenvalue weighted by Crippen LogP contribution is -2.46. The molecule has 0 N–H and O–H groups in total. The largest absolute Gasteiger partial charge is 0.354 e. The lowest BCUT2D eigenvalue weighted by Gasteiger charge is -2.35. The Kier molecular flexibility index (Phi) is 4.28. The molecule has 3 heterocycles. The maximum atomic E-state index is 4.45. The topological polar surface area (TPSA) is 19.4 Å². The fourth-order valence-corrected chi connectivity index (χ4v) is 5.39. The van der Waals surface area contributed by atoms with Crippen LogP contribution in [0, 0.1) is 0 Å². The van der Waals surface area contributed by atoms with Crippen LogP contribution in [0.3, 0.4) is 0 Å². The van der Waals surface area contributed by atoms with Gasteiger partial charge in [-0.2, -0.15) is 0 Å². The van der Waals surface area contributed by atoms with Gasteiger partial charge in [-0.1, -0.05) is 12.1 Å². The number of nitrogens with zero attached hydrogens (tertiary/aromatic N) is 3. The van der Waals surface area contributed by atoms with Crippen molar-refractivity contribution in [1.29, 1.82) is 0 Å². The minimum atomic E-state index is 1.06. The molecule has 1 aromatic carbocycles. The Bertz CT molecular complexity index is 640. The third-order valence-corrected chi connectivity index (χ3v) is 6.58. The van der Waals surface area contributed by atoms with Gasteiger partial charge in [0.2, 0.25) is 0 Å². The summed E-state index contributed by atoms with van der Waals surface area (Å²) in [7, 11) is 0. The van der Waals surface area contributed by atoms with Crippen molar-refractivity contribution in [1.82, 2.24) is 9.88 Å². The normalized spacial score (nSPS) is 18.5. The maximum absolute atomic E-state index is 4.45. The number of hydrogen-bond acceptors (Lipinski definition) is 5. The highest BCUT2D eigenvalue weighted by Gasteiger charge is 2.19. The van der Waals surface area contributed by atoms with Crippen LogP contribution in [-0.4, -0.2) is 41.1 Å². The summed E-state index contributed by atoms with van der Waals surface area (Å²) in [4.78, 5) is 12.3. The van der Waals surface area contributed by atoms with Gasteiger partial charge in [-0.15, -0.1) is 23.5 Å². The van der Waals surface area contributed by atoms with Crippen molar-refractivity contribution in [2.45, 2.75) is 16.3 Å². The van der Waals surface area contributed by atoms with Gasteiger partial charge < -0.3 is 4.90 Å². The van der Waals surface area contributed by atoms with Crippen LogP contribution in [0.4, 0.5) is 5.82 Å². The van der Waals surface area contributed by atoms with Gasteiger partial charge in [0.15, 0.2) is 0 Å². The Morgan fingerprint density at radius 1 is 0.955 bits per heavy atom. The number of fused-ring (bicyclic) bond motifs is 1. The van der Waals surface area contributed by atoms with Crippen LogP contribution in [0.2, 0.25) is 0 Å². The van der Waals surface area contributed by atoms with Crippen LogP contribution in [0.15, 0.2) is 52.4 Å². The standard InChI is InChI=1S/C17H19N3S2/c1-2-6-18-17(3-1)20-9-7-19(8-10-20)12-14-4-5-15-16(11-14)22-13-21-15/h1-6,11H,7-10,12-13H2. The van der Waals surface area contributed by atoms with E-state index in [0.29, 0.717) is 0 Å². The minimum absolute atomic E-state index is 1.06. The number of hydrogen-bond donors (Lipinski definition) is 0. The maximum Gasteiger partial charge on any atom is 0.128 e. The molecule has 1 aromatic heterocycles. The van der Waals surface area contributed by atoms with Gasteiger partial charge in [-0.3, -0.25) is 4.90 Å². The molecule has 0 amide bonds. The number of piperazine rings is 1. The zero-order valence-electron chi connectivity index (χ0n) is 12.4. The minimum Gasteiger partial charge on any atom is -0.354 e. The first-order chi connectivity index (χ1) is 10.9. The van der Waals surface area contributed by atoms with Crippen molar-refractivity contribution in [3.05, 3.63) is 48.2 Å². The zero-order valence-corrected chi connectivity index (χ0v) is 14.1. The van der Waals surface area contributed by atoms with E-state index < -0.39 is 0 Å². The SMILES string of the molecule is c1ccc(N2CCN(Cc3ccc4c(c3)SCS4)CC2)nc1. The highest BCUT2D eigenvalue weighted by atomic mass is 32.2. The summed E-state index contributed by atoms with van der Waals surface area (Å²) < 4.78 is 0. The summed E-state index contributed by atoms with van der Waals surface area (Å²) in [6.07, 6.45) is 1.88. The molecule has 0 bridgehead atoms. The quantitative estimate of drug-likeness (QED) is 0.855. The first-order valence-corrected chi connectivity index (χ1v) is 9.62. The third kappa shape index (κ3) is 3.12. The van der Waals surface area contributed by atoms with Gasteiger partial charge in [0.1, 0.15) is 5.82 Å². The van der Waals surface area contributed by atoms with Crippen molar-refractivity contribution in [2.75, 3.05) is 36.2 Å². The summed E-state index contributed by atoms with van der Waals surface area (Å²) in [6, 6.07) is 13.1. The average molecular weight is 329 g/mol. The number of thioether (sulfide) groups is 2. The van der Waals surface area contributed by atoms with Crippen molar-refractivity contribution < 1.29 is 0 Å². The average Bonchev–Trinajstić information content (AvgIpc) is 3.04. The highest BCUT2D eigenvalue weighted by Crippen LogP contribution is 2.42. The van der Waals surface area contributed by atoms with Crippen LogP contribution in [0.5, 0.6) is 0 Å². The predicted octanol–water partition coefficient (Wildman–Crippen LogP) is 3.56.